The topological polar surface area (TPSA) is 79.0 Å². The molecule has 38 heavy (non-hydrogen) atoms. The Balaban J connectivity index is 1.33. The average molecular weight is 517 g/mol. The highest BCUT2D eigenvalue weighted by Gasteiger charge is 2.48. The molecule has 6 nitrogen and oxygen atoms in total. The molecule has 204 valence electrons. The van der Waals surface area contributed by atoms with E-state index in [1.807, 2.05) is 49.5 Å². The molecule has 1 fully saturated rings. The van der Waals surface area contributed by atoms with Gasteiger partial charge in [-0.1, -0.05) is 106 Å². The zero-order valence-electron chi connectivity index (χ0n) is 23.2. The van der Waals surface area contributed by atoms with Crippen LogP contribution in [0.2, 0.25) is 0 Å². The van der Waals surface area contributed by atoms with Gasteiger partial charge in [-0.25, -0.2) is 4.99 Å². The van der Waals surface area contributed by atoms with Crippen LogP contribution in [0.1, 0.15) is 87.8 Å². The van der Waals surface area contributed by atoms with Crippen molar-refractivity contribution in [3.63, 3.8) is 0 Å². The molecule has 1 unspecified atom stereocenters. The van der Waals surface area contributed by atoms with E-state index in [2.05, 4.69) is 19.1 Å². The van der Waals surface area contributed by atoms with Crippen LogP contribution in [0.5, 0.6) is 0 Å². The van der Waals surface area contributed by atoms with Gasteiger partial charge in [-0.15, -0.1) is 0 Å². The van der Waals surface area contributed by atoms with Gasteiger partial charge in [0.05, 0.1) is 6.54 Å². The minimum atomic E-state index is -0.686. The third-order valence-corrected chi connectivity index (χ3v) is 8.22. The van der Waals surface area contributed by atoms with Crippen molar-refractivity contribution in [3.8, 4) is 0 Å². The number of unbranched alkanes of at least 4 members (excludes halogenated alkanes) is 1. The summed E-state index contributed by atoms with van der Waals surface area (Å²) in [5.74, 6) is 1.13. The van der Waals surface area contributed by atoms with E-state index in [1.165, 1.54) is 32.1 Å². The van der Waals surface area contributed by atoms with E-state index in [-0.39, 0.29) is 11.8 Å². The molecule has 4 rings (SSSR count). The lowest BCUT2D eigenvalue weighted by Crippen LogP contribution is -2.45. The number of nitrogens with zero attached hydrogens (tertiary/aromatic N) is 3. The Morgan fingerprint density at radius 2 is 1.71 bits per heavy atom. The molecule has 2 aromatic carbocycles. The Morgan fingerprint density at radius 1 is 1.03 bits per heavy atom. The Hall–Kier alpha value is -3.15. The van der Waals surface area contributed by atoms with E-state index >= 15 is 0 Å². The summed E-state index contributed by atoms with van der Waals surface area (Å²) >= 11 is 0. The number of rotatable bonds is 12. The monoisotopic (exact) mass is 516 g/mol. The lowest BCUT2D eigenvalue weighted by atomic mass is 9.77. The van der Waals surface area contributed by atoms with E-state index < -0.39 is 5.54 Å². The maximum atomic E-state index is 13.8. The first kappa shape index (κ1) is 27.9. The zero-order valence-corrected chi connectivity index (χ0v) is 23.2. The summed E-state index contributed by atoms with van der Waals surface area (Å²) in [6.45, 7) is 3.21. The maximum absolute atomic E-state index is 13.8. The summed E-state index contributed by atoms with van der Waals surface area (Å²) in [5.41, 5.74) is 8.95. The molecule has 1 aliphatic carbocycles. The highest BCUT2D eigenvalue weighted by molar-refractivity contribution is 6.06. The van der Waals surface area contributed by atoms with Crippen molar-refractivity contribution in [2.75, 3.05) is 7.05 Å². The normalized spacial score (nSPS) is 20.0. The number of carbonyl (C=O) groups is 2. The Kier molecular flexibility index (Phi) is 9.59. The molecular formula is C32H44N4O2. The molecule has 2 N–H and O–H groups in total. The molecule has 2 aromatic rings. The first-order valence-electron chi connectivity index (χ1n) is 14.4. The van der Waals surface area contributed by atoms with Crippen molar-refractivity contribution in [1.82, 2.24) is 9.80 Å². The number of nitrogens with two attached hydrogens (primary N) is 1. The van der Waals surface area contributed by atoms with Crippen molar-refractivity contribution < 1.29 is 9.59 Å². The molecule has 1 saturated carbocycles. The van der Waals surface area contributed by atoms with Gasteiger partial charge in [0.15, 0.2) is 5.96 Å². The molecule has 0 saturated heterocycles. The molecule has 0 bridgehead atoms. The molecule has 1 aliphatic heterocycles. The van der Waals surface area contributed by atoms with E-state index in [4.69, 9.17) is 10.7 Å². The molecular weight excluding hydrogens is 472 g/mol. The highest BCUT2D eigenvalue weighted by Crippen LogP contribution is 2.39. The van der Waals surface area contributed by atoms with Crippen molar-refractivity contribution in [3.05, 3.63) is 71.3 Å². The number of amides is 2. The largest absolute Gasteiger partial charge is 0.369 e. The molecule has 0 radical (unpaired) electrons. The van der Waals surface area contributed by atoms with Crippen molar-refractivity contribution in [2.24, 2.45) is 16.6 Å². The fourth-order valence-corrected chi connectivity index (χ4v) is 5.95. The third-order valence-electron chi connectivity index (χ3n) is 8.22. The van der Waals surface area contributed by atoms with Crippen LogP contribution in [0.3, 0.4) is 0 Å². The second kappa shape index (κ2) is 13.1. The van der Waals surface area contributed by atoms with Gasteiger partial charge in [0, 0.05) is 20.0 Å². The van der Waals surface area contributed by atoms with Gasteiger partial charge >= 0.3 is 0 Å². The number of benzene rings is 2. The van der Waals surface area contributed by atoms with Crippen molar-refractivity contribution >= 4 is 17.8 Å². The van der Waals surface area contributed by atoms with Gasteiger partial charge in [-0.3, -0.25) is 14.5 Å². The number of aliphatic imine (C=N–C) groups is 1. The van der Waals surface area contributed by atoms with Crippen LogP contribution >= 0.6 is 0 Å². The molecule has 1 heterocycles. The van der Waals surface area contributed by atoms with Crippen molar-refractivity contribution in [1.29, 1.82) is 0 Å². The van der Waals surface area contributed by atoms with Gasteiger partial charge in [0.25, 0.3) is 5.91 Å². The van der Waals surface area contributed by atoms with E-state index in [9.17, 15) is 9.59 Å². The van der Waals surface area contributed by atoms with Crippen LogP contribution in [-0.4, -0.2) is 40.2 Å². The van der Waals surface area contributed by atoms with E-state index in [0.29, 0.717) is 37.8 Å². The van der Waals surface area contributed by atoms with Crippen LogP contribution in [0, 0.1) is 5.92 Å². The molecule has 6 heteroatoms. The predicted molar refractivity (Wildman–Crippen MR) is 153 cm³/mol. The van der Waals surface area contributed by atoms with E-state index in [0.717, 1.165) is 42.4 Å². The van der Waals surface area contributed by atoms with Crippen LogP contribution < -0.4 is 5.73 Å². The van der Waals surface area contributed by atoms with Gasteiger partial charge in [-0.05, 0) is 41.9 Å². The van der Waals surface area contributed by atoms with Crippen molar-refractivity contribution in [2.45, 2.75) is 96.2 Å². The first-order valence-corrected chi connectivity index (χ1v) is 14.4. The Bertz CT molecular complexity index is 1090. The molecule has 0 spiro atoms. The minimum Gasteiger partial charge on any atom is -0.369 e. The Labute approximate surface area is 228 Å². The standard InChI is InChI=1S/C32H44N4O2/c1-3-4-21-32(22-26-11-7-5-8-12-26)30(38)36(31(33)34-32)24-28-17-15-25(16-18-28)19-20-29(37)35(2)23-27-13-9-6-10-14-27/h6,9-10,13-18,26H,3-5,7-8,11-12,19-24H2,1-2H3,(H2,33,34). The smallest absolute Gasteiger partial charge is 0.257 e. The van der Waals surface area contributed by atoms with E-state index in [1.54, 1.807) is 9.80 Å². The van der Waals surface area contributed by atoms with Crippen LogP contribution in [-0.2, 0) is 29.1 Å². The molecule has 0 aromatic heterocycles. The van der Waals surface area contributed by atoms with Gasteiger partial charge in [-0.2, -0.15) is 0 Å². The molecule has 1 atom stereocenters. The van der Waals surface area contributed by atoms with Gasteiger partial charge < -0.3 is 10.6 Å². The minimum absolute atomic E-state index is 0.0742. The summed E-state index contributed by atoms with van der Waals surface area (Å²) < 4.78 is 0. The Morgan fingerprint density at radius 3 is 2.39 bits per heavy atom. The summed E-state index contributed by atoms with van der Waals surface area (Å²) in [6.07, 6.45) is 11.0. The number of hydrogen-bond acceptors (Lipinski definition) is 4. The van der Waals surface area contributed by atoms with Crippen LogP contribution in [0.25, 0.3) is 0 Å². The predicted octanol–water partition coefficient (Wildman–Crippen LogP) is 5.83. The SMILES string of the molecule is CCCCC1(CC2CCCCC2)N=C(N)N(Cc2ccc(CCC(=O)N(C)Cc3ccccc3)cc2)C1=O. The van der Waals surface area contributed by atoms with Crippen LogP contribution in [0.4, 0.5) is 0 Å². The number of guanidine groups is 1. The number of aryl methyl sites for hydroxylation is 1. The second-order valence-electron chi connectivity index (χ2n) is 11.3. The summed E-state index contributed by atoms with van der Waals surface area (Å²) in [6, 6.07) is 18.2. The number of carbonyl (C=O) groups excluding carboxylic acids is 2. The summed E-state index contributed by atoms with van der Waals surface area (Å²) in [5, 5.41) is 0. The highest BCUT2D eigenvalue weighted by atomic mass is 16.2. The first-order chi connectivity index (χ1) is 18.4. The fraction of sp³-hybridized carbons (Fsp3) is 0.531. The third kappa shape index (κ3) is 7.03. The summed E-state index contributed by atoms with van der Waals surface area (Å²) in [7, 11) is 1.85. The number of hydrogen-bond donors (Lipinski definition) is 1. The zero-order chi connectivity index (χ0) is 27.0. The van der Waals surface area contributed by atoms with Gasteiger partial charge in [0.2, 0.25) is 5.91 Å². The van der Waals surface area contributed by atoms with Gasteiger partial charge in [0.1, 0.15) is 5.54 Å². The fourth-order valence-electron chi connectivity index (χ4n) is 5.95. The summed E-state index contributed by atoms with van der Waals surface area (Å²) in [4.78, 5) is 34.7. The lowest BCUT2D eigenvalue weighted by Gasteiger charge is -2.32. The average Bonchev–Trinajstić information content (AvgIpc) is 3.16. The molecule has 2 amide bonds. The maximum Gasteiger partial charge on any atom is 0.257 e. The van der Waals surface area contributed by atoms with Crippen LogP contribution in [0.15, 0.2) is 59.6 Å². The lowest BCUT2D eigenvalue weighted by molar-refractivity contribution is -0.133. The second-order valence-corrected chi connectivity index (χ2v) is 11.3. The molecule has 2 aliphatic rings. The quantitative estimate of drug-likeness (QED) is 0.385.